The van der Waals surface area contributed by atoms with Crippen LogP contribution in [-0.4, -0.2) is 30.2 Å². The Labute approximate surface area is 220 Å². The first-order valence-electron chi connectivity index (χ1n) is 10.9. The Kier molecular flexibility index (Phi) is 7.44. The summed E-state index contributed by atoms with van der Waals surface area (Å²) in [5.41, 5.74) is -1.39. The number of ether oxygens (including phenoxy) is 2. The minimum Gasteiger partial charge on any atom is -0.423 e. The Hall–Kier alpha value is -5.43. The largest absolute Gasteiger partial charge is 0.423 e. The molecule has 0 fully saturated rings. The zero-order chi connectivity index (χ0) is 28.2. The lowest BCUT2D eigenvalue weighted by Gasteiger charge is -2.09. The van der Waals surface area contributed by atoms with Crippen molar-refractivity contribution in [2.75, 3.05) is 0 Å². The topological polar surface area (TPSA) is 173 Å². The smallest absolute Gasteiger partial charge is 0.350 e. The van der Waals surface area contributed by atoms with Gasteiger partial charge in [0.2, 0.25) is 9.84 Å². The van der Waals surface area contributed by atoms with Crippen LogP contribution in [0.3, 0.4) is 0 Å². The zero-order valence-electron chi connectivity index (χ0n) is 19.6. The molecule has 0 atom stereocenters. The molecule has 196 valence electrons. The van der Waals surface area contributed by atoms with Gasteiger partial charge < -0.3 is 9.47 Å². The van der Waals surface area contributed by atoms with Gasteiger partial charge in [0.05, 0.1) is 19.6 Å². The summed E-state index contributed by atoms with van der Waals surface area (Å²) >= 11 is 0. The second-order valence-corrected chi connectivity index (χ2v) is 9.72. The summed E-state index contributed by atoms with van der Waals surface area (Å²) in [5, 5.41) is 22.3. The number of rotatable bonds is 8. The molecule has 4 aromatic rings. The quantitative estimate of drug-likeness (QED) is 0.129. The predicted molar refractivity (Wildman–Crippen MR) is 134 cm³/mol. The molecule has 0 unspecified atom stereocenters. The number of hydrogen-bond donors (Lipinski definition) is 0. The van der Waals surface area contributed by atoms with Crippen LogP contribution in [0.1, 0.15) is 20.7 Å². The van der Waals surface area contributed by atoms with Gasteiger partial charge >= 0.3 is 11.9 Å². The van der Waals surface area contributed by atoms with Gasteiger partial charge in [-0.3, -0.25) is 20.2 Å². The Morgan fingerprint density at radius 2 is 0.897 bits per heavy atom. The molecule has 0 aliphatic carbocycles. The Morgan fingerprint density at radius 3 is 1.23 bits per heavy atom. The summed E-state index contributed by atoms with van der Waals surface area (Å²) in [4.78, 5) is 45.3. The van der Waals surface area contributed by atoms with Gasteiger partial charge in [-0.25, -0.2) is 18.0 Å². The number of benzene rings is 4. The van der Waals surface area contributed by atoms with Crippen molar-refractivity contribution in [1.29, 1.82) is 0 Å². The number of nitro benzene ring substituents is 2. The van der Waals surface area contributed by atoms with E-state index in [1.54, 1.807) is 0 Å². The van der Waals surface area contributed by atoms with Crippen LogP contribution in [0, 0.1) is 20.2 Å². The number of carbonyl (C=O) groups excluding carboxylic acids is 2. The lowest BCUT2D eigenvalue weighted by molar-refractivity contribution is -0.385. The lowest BCUT2D eigenvalue weighted by atomic mass is 10.2. The minimum atomic E-state index is -4.03. The number of nitrogens with zero attached hydrogens (tertiary/aromatic N) is 2. The molecule has 0 aromatic heterocycles. The first kappa shape index (κ1) is 26.6. The van der Waals surface area contributed by atoms with E-state index in [9.17, 15) is 38.2 Å². The van der Waals surface area contributed by atoms with Crippen molar-refractivity contribution in [2.45, 2.75) is 9.79 Å². The number of esters is 2. The number of sulfone groups is 1. The monoisotopic (exact) mass is 548 g/mol. The number of hydrogen-bond acceptors (Lipinski definition) is 10. The van der Waals surface area contributed by atoms with Gasteiger partial charge in [0.1, 0.15) is 22.6 Å². The summed E-state index contributed by atoms with van der Waals surface area (Å²) in [7, 11) is -4.03. The molecule has 0 aliphatic heterocycles. The average Bonchev–Trinajstić information content (AvgIpc) is 2.93. The van der Waals surface area contributed by atoms with Crippen molar-refractivity contribution in [1.82, 2.24) is 0 Å². The first-order valence-corrected chi connectivity index (χ1v) is 12.4. The van der Waals surface area contributed by atoms with Crippen LogP contribution in [0.2, 0.25) is 0 Å². The highest BCUT2D eigenvalue weighted by Gasteiger charge is 2.23. The molecular formula is C26H16N2O10S. The molecule has 0 spiro atoms. The summed E-state index contributed by atoms with van der Waals surface area (Å²) in [6.07, 6.45) is 0. The third-order valence-electron chi connectivity index (χ3n) is 5.33. The normalized spacial score (nSPS) is 10.9. The number of nitro groups is 2. The van der Waals surface area contributed by atoms with Crippen LogP contribution in [0.4, 0.5) is 11.4 Å². The number of carbonyl (C=O) groups is 2. The molecule has 4 aromatic carbocycles. The average molecular weight is 548 g/mol. The highest BCUT2D eigenvalue weighted by atomic mass is 32.2. The standard InChI is InChI=1S/C26H16N2O10S/c29-25(21-5-1-3-7-23(21)27(31)32)37-17-9-13-19(14-10-17)39(35,36)20-15-11-18(12-16-20)38-26(30)22-6-2-4-8-24(22)28(33)34/h1-16H. The van der Waals surface area contributed by atoms with E-state index in [0.29, 0.717) is 0 Å². The fourth-order valence-corrected chi connectivity index (χ4v) is 4.71. The molecule has 0 heterocycles. The van der Waals surface area contributed by atoms with Crippen molar-refractivity contribution in [2.24, 2.45) is 0 Å². The molecular weight excluding hydrogens is 532 g/mol. The highest BCUT2D eigenvalue weighted by molar-refractivity contribution is 7.91. The van der Waals surface area contributed by atoms with E-state index >= 15 is 0 Å². The fourth-order valence-electron chi connectivity index (χ4n) is 3.44. The molecule has 0 amide bonds. The molecule has 0 bridgehead atoms. The SMILES string of the molecule is O=C(Oc1ccc(S(=O)(=O)c2ccc(OC(=O)c3ccccc3[N+](=O)[O-])cc2)cc1)c1ccccc1[N+](=O)[O-]. The van der Waals surface area contributed by atoms with Crippen molar-refractivity contribution in [3.63, 3.8) is 0 Å². The first-order chi connectivity index (χ1) is 18.6. The molecule has 39 heavy (non-hydrogen) atoms. The third-order valence-corrected chi connectivity index (χ3v) is 7.12. The molecule has 12 nitrogen and oxygen atoms in total. The van der Waals surface area contributed by atoms with Gasteiger partial charge in [0.25, 0.3) is 11.4 Å². The Balaban J connectivity index is 1.47. The van der Waals surface area contributed by atoms with Crippen molar-refractivity contribution in [3.8, 4) is 11.5 Å². The predicted octanol–water partition coefficient (Wildman–Crippen LogP) is 4.77. The molecule has 13 heteroatoms. The van der Waals surface area contributed by atoms with Gasteiger partial charge in [-0.15, -0.1) is 0 Å². The summed E-state index contributed by atoms with van der Waals surface area (Å²) in [5.74, 6) is -2.03. The van der Waals surface area contributed by atoms with Gasteiger partial charge in [-0.05, 0) is 60.7 Å². The Bertz CT molecular complexity index is 1580. The highest BCUT2D eigenvalue weighted by Crippen LogP contribution is 2.27. The van der Waals surface area contributed by atoms with E-state index < -0.39 is 43.0 Å². The maximum absolute atomic E-state index is 13.0. The molecule has 0 saturated carbocycles. The lowest BCUT2D eigenvalue weighted by Crippen LogP contribution is -2.11. The van der Waals surface area contributed by atoms with E-state index in [1.165, 1.54) is 84.9 Å². The van der Waals surface area contributed by atoms with Crippen LogP contribution in [0.25, 0.3) is 0 Å². The van der Waals surface area contributed by atoms with Gasteiger partial charge in [0.15, 0.2) is 0 Å². The third kappa shape index (κ3) is 5.78. The van der Waals surface area contributed by atoms with Crippen molar-refractivity contribution < 1.29 is 37.3 Å². The Morgan fingerprint density at radius 1 is 0.564 bits per heavy atom. The number of para-hydroxylation sites is 2. The molecule has 4 rings (SSSR count). The fraction of sp³-hybridized carbons (Fsp3) is 0. The van der Waals surface area contributed by atoms with E-state index in [-0.39, 0.29) is 32.4 Å². The van der Waals surface area contributed by atoms with Crippen molar-refractivity contribution in [3.05, 3.63) is 128 Å². The second-order valence-electron chi connectivity index (χ2n) is 7.77. The zero-order valence-corrected chi connectivity index (χ0v) is 20.4. The van der Waals surface area contributed by atoms with Crippen LogP contribution in [-0.2, 0) is 9.84 Å². The maximum atomic E-state index is 13.0. The molecule has 0 radical (unpaired) electrons. The summed E-state index contributed by atoms with van der Waals surface area (Å²) in [6, 6.07) is 20.2. The van der Waals surface area contributed by atoms with Crippen LogP contribution >= 0.6 is 0 Å². The van der Waals surface area contributed by atoms with Gasteiger partial charge in [-0.1, -0.05) is 24.3 Å². The van der Waals surface area contributed by atoms with E-state index in [1.807, 2.05) is 0 Å². The summed E-state index contributed by atoms with van der Waals surface area (Å²) in [6.45, 7) is 0. The van der Waals surface area contributed by atoms with E-state index in [0.717, 1.165) is 12.1 Å². The minimum absolute atomic E-state index is 0.0330. The van der Waals surface area contributed by atoms with E-state index in [4.69, 9.17) is 9.47 Å². The van der Waals surface area contributed by atoms with Gasteiger partial charge in [-0.2, -0.15) is 0 Å². The van der Waals surface area contributed by atoms with Crippen LogP contribution < -0.4 is 9.47 Å². The van der Waals surface area contributed by atoms with E-state index in [2.05, 4.69) is 0 Å². The molecule has 0 aliphatic rings. The summed E-state index contributed by atoms with van der Waals surface area (Å²) < 4.78 is 36.3. The maximum Gasteiger partial charge on any atom is 0.350 e. The van der Waals surface area contributed by atoms with Crippen molar-refractivity contribution >= 4 is 33.2 Å². The van der Waals surface area contributed by atoms with Gasteiger partial charge in [0, 0.05) is 12.1 Å². The van der Waals surface area contributed by atoms with Crippen LogP contribution in [0.15, 0.2) is 107 Å². The molecule has 0 N–H and O–H groups in total. The molecule has 0 saturated heterocycles. The second kappa shape index (κ2) is 10.9. The van der Waals surface area contributed by atoms with Crippen LogP contribution in [0.5, 0.6) is 11.5 Å².